The highest BCUT2D eigenvalue weighted by molar-refractivity contribution is 7.90. The zero-order valence-electron chi connectivity index (χ0n) is 17.3. The van der Waals surface area contributed by atoms with E-state index in [0.717, 1.165) is 23.0 Å². The summed E-state index contributed by atoms with van der Waals surface area (Å²) in [6, 6.07) is 8.20. The zero-order chi connectivity index (χ0) is 22.3. The molecule has 160 valence electrons. The number of hydrogen-bond donors (Lipinski definition) is 1. The van der Waals surface area contributed by atoms with Gasteiger partial charge in [0.2, 0.25) is 0 Å². The lowest BCUT2D eigenvalue weighted by atomic mass is 9.97. The van der Waals surface area contributed by atoms with Crippen LogP contribution >= 0.6 is 0 Å². The second-order valence-corrected chi connectivity index (χ2v) is 9.47. The number of sulfone groups is 1. The highest BCUT2D eigenvalue weighted by atomic mass is 32.2. The fourth-order valence-corrected chi connectivity index (χ4v) is 4.34. The molecule has 1 N–H and O–H groups in total. The second-order valence-electron chi connectivity index (χ2n) is 7.49. The Morgan fingerprint density at radius 2 is 1.84 bits per heavy atom. The minimum absolute atomic E-state index is 0.170. The van der Waals surface area contributed by atoms with Crippen LogP contribution in [0.2, 0.25) is 0 Å². The first kappa shape index (κ1) is 20.8. The van der Waals surface area contributed by atoms with Crippen molar-refractivity contribution in [2.45, 2.75) is 11.1 Å². The van der Waals surface area contributed by atoms with E-state index in [0.29, 0.717) is 11.3 Å². The normalized spacial score (nSPS) is 16.5. The van der Waals surface area contributed by atoms with E-state index in [1.165, 1.54) is 9.25 Å². The number of hydrogen-bond acceptors (Lipinski definition) is 6. The van der Waals surface area contributed by atoms with Crippen molar-refractivity contribution < 1.29 is 13.5 Å². The Morgan fingerprint density at radius 3 is 2.55 bits per heavy atom. The number of allylic oxidation sites excluding steroid dienone is 2. The van der Waals surface area contributed by atoms with Crippen LogP contribution in [0.5, 0.6) is 0 Å². The molecule has 0 bridgehead atoms. The van der Waals surface area contributed by atoms with Crippen molar-refractivity contribution in [3.63, 3.8) is 0 Å². The Kier molecular flexibility index (Phi) is 5.16. The number of aliphatic hydroxyl groups is 1. The molecule has 4 rings (SSSR count). The Bertz CT molecular complexity index is 1380. The maximum Gasteiger partial charge on any atom is 0.250 e. The summed E-state index contributed by atoms with van der Waals surface area (Å²) in [6.07, 6.45) is 10.7. The van der Waals surface area contributed by atoms with Gasteiger partial charge in [0.15, 0.2) is 9.84 Å². The Morgan fingerprint density at radius 1 is 1.10 bits per heavy atom. The number of aromatic nitrogens is 3. The van der Waals surface area contributed by atoms with Gasteiger partial charge in [-0.05, 0) is 29.3 Å². The van der Waals surface area contributed by atoms with Crippen LogP contribution in [0.1, 0.15) is 5.56 Å². The maximum absolute atomic E-state index is 12.4. The summed E-state index contributed by atoms with van der Waals surface area (Å²) in [5.41, 5.74) is 3.21. The predicted octanol–water partition coefficient (Wildman–Crippen LogP) is 1.80. The van der Waals surface area contributed by atoms with Crippen molar-refractivity contribution in [2.75, 3.05) is 13.3 Å². The van der Waals surface area contributed by atoms with Crippen molar-refractivity contribution in [3.8, 4) is 16.8 Å². The van der Waals surface area contributed by atoms with Gasteiger partial charge in [-0.25, -0.2) is 13.1 Å². The van der Waals surface area contributed by atoms with Gasteiger partial charge in [-0.2, -0.15) is 5.10 Å². The molecule has 1 unspecified atom stereocenters. The lowest BCUT2D eigenvalue weighted by Gasteiger charge is -2.24. The molecular formula is C22H22N4O4S. The average molecular weight is 439 g/mol. The molecule has 8 nitrogen and oxygen atoms in total. The topological polar surface area (TPSA) is 97.4 Å². The highest BCUT2D eigenvalue weighted by Gasteiger charge is 2.19. The number of pyridine rings is 1. The molecule has 9 heteroatoms. The van der Waals surface area contributed by atoms with E-state index in [1.54, 1.807) is 86.3 Å². The molecule has 0 saturated carbocycles. The first-order valence-electron chi connectivity index (χ1n) is 9.51. The molecule has 0 radical (unpaired) electrons. The van der Waals surface area contributed by atoms with E-state index in [-0.39, 0.29) is 10.5 Å². The predicted molar refractivity (Wildman–Crippen MR) is 118 cm³/mol. The summed E-state index contributed by atoms with van der Waals surface area (Å²) in [6.45, 7) is 0. The number of aryl methyl sites for hydroxylation is 1. The van der Waals surface area contributed by atoms with E-state index in [9.17, 15) is 18.3 Å². The SMILES string of the molecule is CN1C=C(c2cc(=O)n(C)cc2-c2cnn(-c3ccccc3S(C)(=O)=O)c2)C=CC1O. The summed E-state index contributed by atoms with van der Waals surface area (Å²) >= 11 is 0. The van der Waals surface area contributed by atoms with Crippen LogP contribution in [0.4, 0.5) is 0 Å². The Balaban J connectivity index is 1.86. The molecule has 3 heterocycles. The molecule has 31 heavy (non-hydrogen) atoms. The van der Waals surface area contributed by atoms with Gasteiger partial charge >= 0.3 is 0 Å². The average Bonchev–Trinajstić information content (AvgIpc) is 3.21. The molecule has 1 aliphatic heterocycles. The summed E-state index contributed by atoms with van der Waals surface area (Å²) in [4.78, 5) is 14.2. The smallest absolute Gasteiger partial charge is 0.250 e. The molecular weight excluding hydrogens is 416 g/mol. The van der Waals surface area contributed by atoms with Gasteiger partial charge in [-0.15, -0.1) is 0 Å². The van der Waals surface area contributed by atoms with Crippen molar-refractivity contribution in [1.29, 1.82) is 0 Å². The minimum Gasteiger partial charge on any atom is -0.370 e. The number of nitrogens with zero attached hydrogens (tertiary/aromatic N) is 4. The number of aliphatic hydroxyl groups excluding tert-OH is 1. The lowest BCUT2D eigenvalue weighted by molar-refractivity contribution is 0.0980. The summed E-state index contributed by atoms with van der Waals surface area (Å²) in [5, 5.41) is 14.3. The molecule has 1 atom stereocenters. The van der Waals surface area contributed by atoms with Crippen LogP contribution in [-0.2, 0) is 16.9 Å². The maximum atomic E-state index is 12.4. The first-order valence-corrected chi connectivity index (χ1v) is 11.4. The number of likely N-dealkylation sites (N-methyl/N-ethyl adjacent to an activating group) is 1. The number of benzene rings is 1. The molecule has 1 aromatic carbocycles. The third kappa shape index (κ3) is 3.97. The second kappa shape index (κ2) is 7.68. The van der Waals surface area contributed by atoms with Gasteiger partial charge in [0.25, 0.3) is 5.56 Å². The molecule has 2 aromatic heterocycles. The van der Waals surface area contributed by atoms with Crippen molar-refractivity contribution in [2.24, 2.45) is 7.05 Å². The van der Waals surface area contributed by atoms with E-state index >= 15 is 0 Å². The van der Waals surface area contributed by atoms with Gasteiger partial charge in [0.1, 0.15) is 6.23 Å². The summed E-state index contributed by atoms with van der Waals surface area (Å²) < 4.78 is 27.4. The number of rotatable bonds is 4. The van der Waals surface area contributed by atoms with Gasteiger partial charge in [0, 0.05) is 56.1 Å². The van der Waals surface area contributed by atoms with Crippen molar-refractivity contribution >= 4 is 15.4 Å². The monoisotopic (exact) mass is 438 g/mol. The van der Waals surface area contributed by atoms with Gasteiger partial charge in [-0.3, -0.25) is 4.79 Å². The molecule has 1 aliphatic rings. The molecule has 0 fully saturated rings. The van der Waals surface area contributed by atoms with Gasteiger partial charge in [-0.1, -0.05) is 18.2 Å². The lowest BCUT2D eigenvalue weighted by Crippen LogP contribution is -2.27. The molecule has 0 saturated heterocycles. The minimum atomic E-state index is -3.44. The van der Waals surface area contributed by atoms with Crippen LogP contribution < -0.4 is 5.56 Å². The zero-order valence-corrected chi connectivity index (χ0v) is 18.1. The van der Waals surface area contributed by atoms with E-state index in [1.807, 2.05) is 0 Å². The highest BCUT2D eigenvalue weighted by Crippen LogP contribution is 2.31. The first-order chi connectivity index (χ1) is 14.6. The van der Waals surface area contributed by atoms with Crippen LogP contribution in [0, 0.1) is 0 Å². The molecule has 3 aromatic rings. The fourth-order valence-electron chi connectivity index (χ4n) is 3.48. The molecule has 0 amide bonds. The molecule has 0 aliphatic carbocycles. The van der Waals surface area contributed by atoms with Crippen LogP contribution in [0.3, 0.4) is 0 Å². The standard InChI is InChI=1S/C22H22N4O4S/c1-24-12-15(8-9-21(24)27)17-10-22(28)25(2)14-18(17)16-11-23-26(13-16)19-6-4-5-7-20(19)31(3,29)30/h4-14,21,27H,1-3H3. The van der Waals surface area contributed by atoms with Crippen LogP contribution in [0.25, 0.3) is 22.4 Å². The Labute approximate surface area is 179 Å². The van der Waals surface area contributed by atoms with Crippen LogP contribution in [0.15, 0.2) is 77.0 Å². The van der Waals surface area contributed by atoms with Crippen LogP contribution in [-0.4, -0.2) is 52.3 Å². The third-order valence-electron chi connectivity index (χ3n) is 5.15. The largest absolute Gasteiger partial charge is 0.370 e. The third-order valence-corrected chi connectivity index (χ3v) is 6.30. The van der Waals surface area contributed by atoms with Gasteiger partial charge in [0.05, 0.1) is 16.8 Å². The number of para-hydroxylation sites is 1. The quantitative estimate of drug-likeness (QED) is 0.667. The Hall–Kier alpha value is -3.43. The molecule has 0 spiro atoms. The van der Waals surface area contributed by atoms with Crippen molar-refractivity contribution in [1.82, 2.24) is 19.2 Å². The van der Waals surface area contributed by atoms with Crippen molar-refractivity contribution in [3.05, 3.63) is 83.2 Å². The van der Waals surface area contributed by atoms with E-state index < -0.39 is 16.1 Å². The van der Waals surface area contributed by atoms with E-state index in [4.69, 9.17) is 0 Å². The fraction of sp³-hybridized carbons (Fsp3) is 0.182. The summed E-state index contributed by atoms with van der Waals surface area (Å²) in [5.74, 6) is 0. The summed E-state index contributed by atoms with van der Waals surface area (Å²) in [7, 11) is -0.0280. The van der Waals surface area contributed by atoms with E-state index in [2.05, 4.69) is 5.10 Å². The van der Waals surface area contributed by atoms with Gasteiger partial charge < -0.3 is 14.6 Å².